The number of H-pyrrole nitrogens is 1. The fourth-order valence-corrected chi connectivity index (χ4v) is 4.76. The summed E-state index contributed by atoms with van der Waals surface area (Å²) in [6.07, 6.45) is 1.44. The average molecular weight is 436 g/mol. The largest absolute Gasteiger partial charge is 0.355 e. The molecule has 4 rings (SSSR count). The Bertz CT molecular complexity index is 1080. The molecule has 1 aliphatic heterocycles. The van der Waals surface area contributed by atoms with Crippen molar-refractivity contribution in [2.75, 3.05) is 6.54 Å². The predicted octanol–water partition coefficient (Wildman–Crippen LogP) is 3.28. The third-order valence-corrected chi connectivity index (χ3v) is 6.36. The Morgan fingerprint density at radius 3 is 2.45 bits per heavy atom. The SMILES string of the molecule is O=C(NCCc1csc(=O)[nH]1)[C@@H]1CCC(=O)N(Cc2ccccc2)[C@@H]1c1ccccc1. The highest BCUT2D eigenvalue weighted by Gasteiger charge is 2.40. The third-order valence-electron chi connectivity index (χ3n) is 5.64. The van der Waals surface area contributed by atoms with Gasteiger partial charge in [0, 0.05) is 37.0 Å². The van der Waals surface area contributed by atoms with E-state index in [1.807, 2.05) is 65.6 Å². The second kappa shape index (κ2) is 9.75. The van der Waals surface area contributed by atoms with E-state index in [1.54, 1.807) is 5.38 Å². The first-order valence-corrected chi connectivity index (χ1v) is 11.3. The van der Waals surface area contributed by atoms with Crippen molar-refractivity contribution in [3.63, 3.8) is 0 Å². The monoisotopic (exact) mass is 435 g/mol. The molecule has 0 bridgehead atoms. The second-order valence-corrected chi connectivity index (χ2v) is 8.56. The minimum absolute atomic E-state index is 0.0583. The Morgan fingerprint density at radius 1 is 1.06 bits per heavy atom. The number of piperidine rings is 1. The number of nitrogens with zero attached hydrogens (tertiary/aromatic N) is 1. The Morgan fingerprint density at radius 2 is 1.77 bits per heavy atom. The van der Waals surface area contributed by atoms with Crippen LogP contribution in [0.2, 0.25) is 0 Å². The van der Waals surface area contributed by atoms with Gasteiger partial charge in [-0.2, -0.15) is 0 Å². The van der Waals surface area contributed by atoms with Gasteiger partial charge in [0.25, 0.3) is 0 Å². The number of rotatable bonds is 7. The number of nitrogens with one attached hydrogen (secondary N) is 2. The number of benzene rings is 2. The van der Waals surface area contributed by atoms with Gasteiger partial charge in [0.1, 0.15) is 0 Å². The maximum Gasteiger partial charge on any atom is 0.304 e. The van der Waals surface area contributed by atoms with Crippen LogP contribution < -0.4 is 10.2 Å². The minimum atomic E-state index is -0.328. The molecule has 1 fully saturated rings. The van der Waals surface area contributed by atoms with Crippen LogP contribution in [0.1, 0.15) is 35.7 Å². The molecule has 2 amide bonds. The van der Waals surface area contributed by atoms with Crippen molar-refractivity contribution in [1.29, 1.82) is 0 Å². The van der Waals surface area contributed by atoms with E-state index in [9.17, 15) is 14.4 Å². The quantitative estimate of drug-likeness (QED) is 0.598. The molecule has 1 aliphatic rings. The van der Waals surface area contributed by atoms with E-state index in [-0.39, 0.29) is 28.6 Å². The zero-order chi connectivity index (χ0) is 21.6. The zero-order valence-electron chi connectivity index (χ0n) is 17.1. The molecule has 31 heavy (non-hydrogen) atoms. The van der Waals surface area contributed by atoms with E-state index in [4.69, 9.17) is 0 Å². The first-order chi connectivity index (χ1) is 15.1. The number of hydrogen-bond donors (Lipinski definition) is 2. The molecule has 6 nitrogen and oxygen atoms in total. The lowest BCUT2D eigenvalue weighted by Crippen LogP contribution is -2.48. The summed E-state index contributed by atoms with van der Waals surface area (Å²) in [4.78, 5) is 41.9. The van der Waals surface area contributed by atoms with Gasteiger partial charge in [0.05, 0.1) is 12.0 Å². The van der Waals surface area contributed by atoms with Crippen molar-refractivity contribution in [3.8, 4) is 0 Å². The highest BCUT2D eigenvalue weighted by molar-refractivity contribution is 7.07. The molecule has 0 unspecified atom stereocenters. The Hall–Kier alpha value is -3.19. The van der Waals surface area contributed by atoms with Crippen LogP contribution in [-0.2, 0) is 22.6 Å². The van der Waals surface area contributed by atoms with Crippen LogP contribution in [0.5, 0.6) is 0 Å². The lowest BCUT2D eigenvalue weighted by molar-refractivity contribution is -0.144. The standard InChI is InChI=1S/C24H25N3O3S/c28-21-12-11-20(23(29)25-14-13-19-16-31-24(30)26-19)22(18-9-5-2-6-10-18)27(21)15-17-7-3-1-4-8-17/h1-10,16,20,22H,11-15H2,(H,25,29)(H,26,30)/t20-,22-/m1/s1. The normalized spacial score (nSPS) is 18.7. The molecule has 1 aromatic heterocycles. The maximum absolute atomic E-state index is 13.2. The Labute approximate surface area is 184 Å². The molecule has 2 aromatic carbocycles. The van der Waals surface area contributed by atoms with Gasteiger partial charge in [-0.05, 0) is 17.5 Å². The van der Waals surface area contributed by atoms with Crippen molar-refractivity contribution in [3.05, 3.63) is 92.5 Å². The number of amides is 2. The summed E-state index contributed by atoms with van der Waals surface area (Å²) in [5, 5.41) is 4.79. The molecular formula is C24H25N3O3S. The summed E-state index contributed by atoms with van der Waals surface area (Å²) in [7, 11) is 0. The summed E-state index contributed by atoms with van der Waals surface area (Å²) < 4.78 is 0. The summed E-state index contributed by atoms with van der Waals surface area (Å²) >= 11 is 1.12. The van der Waals surface area contributed by atoms with Gasteiger partial charge in [-0.15, -0.1) is 0 Å². The van der Waals surface area contributed by atoms with Crippen molar-refractivity contribution >= 4 is 23.2 Å². The van der Waals surface area contributed by atoms with Crippen LogP contribution in [0.4, 0.5) is 0 Å². The zero-order valence-corrected chi connectivity index (χ0v) is 17.9. The second-order valence-electron chi connectivity index (χ2n) is 7.72. The fraction of sp³-hybridized carbons (Fsp3) is 0.292. The summed E-state index contributed by atoms with van der Waals surface area (Å²) in [6, 6.07) is 19.3. The number of carbonyl (C=O) groups excluding carboxylic acids is 2. The molecule has 3 aromatic rings. The minimum Gasteiger partial charge on any atom is -0.355 e. The van der Waals surface area contributed by atoms with Crippen LogP contribution >= 0.6 is 11.3 Å². The van der Waals surface area contributed by atoms with Crippen molar-refractivity contribution in [1.82, 2.24) is 15.2 Å². The summed E-state index contributed by atoms with van der Waals surface area (Å²) in [5.74, 6) is -0.320. The number of aromatic amines is 1. The summed E-state index contributed by atoms with van der Waals surface area (Å²) in [6.45, 7) is 0.912. The Kier molecular flexibility index (Phi) is 6.62. The molecular weight excluding hydrogens is 410 g/mol. The van der Waals surface area contributed by atoms with Crippen LogP contribution in [0.15, 0.2) is 70.8 Å². The van der Waals surface area contributed by atoms with E-state index in [0.29, 0.717) is 32.4 Å². The number of thiazole rings is 1. The first-order valence-electron chi connectivity index (χ1n) is 10.4. The maximum atomic E-state index is 13.2. The van der Waals surface area contributed by atoms with Gasteiger partial charge in [0.2, 0.25) is 11.8 Å². The van der Waals surface area contributed by atoms with Crippen LogP contribution in [0.25, 0.3) is 0 Å². The first kappa shape index (κ1) is 21.1. The van der Waals surface area contributed by atoms with Crippen LogP contribution in [0, 0.1) is 5.92 Å². The van der Waals surface area contributed by atoms with Gasteiger partial charge in [0.15, 0.2) is 0 Å². The topological polar surface area (TPSA) is 82.3 Å². The van der Waals surface area contributed by atoms with Crippen molar-refractivity contribution in [2.45, 2.75) is 31.8 Å². The molecule has 160 valence electrons. The number of likely N-dealkylation sites (tertiary alicyclic amines) is 1. The molecule has 2 heterocycles. The smallest absolute Gasteiger partial charge is 0.304 e. The molecule has 0 saturated carbocycles. The van der Waals surface area contributed by atoms with Gasteiger partial charge in [-0.3, -0.25) is 14.4 Å². The highest BCUT2D eigenvalue weighted by atomic mass is 32.1. The van der Waals surface area contributed by atoms with Gasteiger partial charge in [-0.25, -0.2) is 0 Å². The van der Waals surface area contributed by atoms with Crippen LogP contribution in [-0.4, -0.2) is 28.2 Å². The number of carbonyl (C=O) groups is 2. The Balaban J connectivity index is 1.53. The van der Waals surface area contributed by atoms with Crippen LogP contribution in [0.3, 0.4) is 0 Å². The van der Waals surface area contributed by atoms with Crippen molar-refractivity contribution < 1.29 is 9.59 Å². The van der Waals surface area contributed by atoms with E-state index in [0.717, 1.165) is 28.2 Å². The van der Waals surface area contributed by atoms with E-state index in [1.165, 1.54) is 0 Å². The van der Waals surface area contributed by atoms with E-state index >= 15 is 0 Å². The molecule has 0 spiro atoms. The van der Waals surface area contributed by atoms with E-state index < -0.39 is 0 Å². The molecule has 2 N–H and O–H groups in total. The summed E-state index contributed by atoms with van der Waals surface area (Å²) in [5.41, 5.74) is 2.83. The average Bonchev–Trinajstić information content (AvgIpc) is 3.21. The fourth-order valence-electron chi connectivity index (χ4n) is 4.14. The third kappa shape index (κ3) is 5.11. The predicted molar refractivity (Wildman–Crippen MR) is 121 cm³/mol. The van der Waals surface area contributed by atoms with Gasteiger partial charge in [-0.1, -0.05) is 72.0 Å². The van der Waals surface area contributed by atoms with Gasteiger partial charge >= 0.3 is 4.87 Å². The molecule has 1 saturated heterocycles. The number of aromatic nitrogens is 1. The van der Waals surface area contributed by atoms with Gasteiger partial charge < -0.3 is 15.2 Å². The lowest BCUT2D eigenvalue weighted by atomic mass is 9.83. The molecule has 7 heteroatoms. The molecule has 2 atom stereocenters. The molecule has 0 aliphatic carbocycles. The van der Waals surface area contributed by atoms with Crippen molar-refractivity contribution in [2.24, 2.45) is 5.92 Å². The highest BCUT2D eigenvalue weighted by Crippen LogP contribution is 2.37. The lowest BCUT2D eigenvalue weighted by Gasteiger charge is -2.41. The number of hydrogen-bond acceptors (Lipinski definition) is 4. The van der Waals surface area contributed by atoms with E-state index in [2.05, 4.69) is 10.3 Å². The molecule has 0 radical (unpaired) electrons.